The van der Waals surface area contributed by atoms with Crippen LogP contribution >= 0.6 is 15.9 Å². The molecule has 0 N–H and O–H groups in total. The van der Waals surface area contributed by atoms with E-state index in [0.29, 0.717) is 11.5 Å². The van der Waals surface area contributed by atoms with E-state index in [1.54, 1.807) is 0 Å². The van der Waals surface area contributed by atoms with Crippen LogP contribution in [0.4, 0.5) is 0 Å². The highest BCUT2D eigenvalue weighted by Crippen LogP contribution is 2.33. The molecule has 2 nitrogen and oxygen atoms in total. The maximum Gasteiger partial charge on any atom is 0.0192 e. The molecule has 0 aromatic heterocycles. The molecule has 1 heterocycles. The van der Waals surface area contributed by atoms with Gasteiger partial charge in [-0.25, -0.2) is 0 Å². The smallest absolute Gasteiger partial charge is 0.0192 e. The van der Waals surface area contributed by atoms with E-state index in [4.69, 9.17) is 0 Å². The van der Waals surface area contributed by atoms with Gasteiger partial charge in [0.1, 0.15) is 0 Å². The Labute approximate surface area is 122 Å². The van der Waals surface area contributed by atoms with Crippen molar-refractivity contribution in [3.05, 3.63) is 0 Å². The predicted octanol–water partition coefficient (Wildman–Crippen LogP) is 3.60. The standard InChI is InChI=1S/C15H31BrN2/c1-5-7-15(12-16,8-6-2)13-18-10-9-17(4)14(3)11-18/h14H,5-13H2,1-4H3. The molecule has 0 aromatic rings. The number of halogens is 1. The van der Waals surface area contributed by atoms with Crippen molar-refractivity contribution in [1.29, 1.82) is 0 Å². The fourth-order valence-corrected chi connectivity index (χ4v) is 4.00. The average Bonchev–Trinajstić information content (AvgIpc) is 2.34. The molecule has 1 aliphatic heterocycles. The number of likely N-dealkylation sites (N-methyl/N-ethyl adjacent to an activating group) is 1. The summed E-state index contributed by atoms with van der Waals surface area (Å²) in [4.78, 5) is 5.17. The van der Waals surface area contributed by atoms with Crippen LogP contribution in [0.15, 0.2) is 0 Å². The average molecular weight is 319 g/mol. The highest BCUT2D eigenvalue weighted by atomic mass is 79.9. The van der Waals surface area contributed by atoms with Crippen LogP contribution in [0.2, 0.25) is 0 Å². The van der Waals surface area contributed by atoms with Crippen LogP contribution in [-0.4, -0.2) is 54.4 Å². The number of hydrogen-bond acceptors (Lipinski definition) is 2. The van der Waals surface area contributed by atoms with Crippen LogP contribution < -0.4 is 0 Å². The zero-order valence-corrected chi connectivity index (χ0v) is 14.3. The minimum absolute atomic E-state index is 0.499. The second-order valence-electron chi connectivity index (χ2n) is 6.20. The highest BCUT2D eigenvalue weighted by molar-refractivity contribution is 9.09. The van der Waals surface area contributed by atoms with Crippen molar-refractivity contribution >= 4 is 15.9 Å². The molecular formula is C15H31BrN2. The number of hydrogen-bond donors (Lipinski definition) is 0. The molecular weight excluding hydrogens is 288 g/mol. The monoisotopic (exact) mass is 318 g/mol. The van der Waals surface area contributed by atoms with E-state index in [0.717, 1.165) is 5.33 Å². The molecule has 1 unspecified atom stereocenters. The molecule has 0 bridgehead atoms. The van der Waals surface area contributed by atoms with Crippen LogP contribution in [0.1, 0.15) is 46.5 Å². The lowest BCUT2D eigenvalue weighted by molar-refractivity contribution is 0.0649. The van der Waals surface area contributed by atoms with Crippen molar-refractivity contribution in [2.24, 2.45) is 5.41 Å². The van der Waals surface area contributed by atoms with Gasteiger partial charge in [0, 0.05) is 37.6 Å². The van der Waals surface area contributed by atoms with E-state index < -0.39 is 0 Å². The molecule has 0 saturated carbocycles. The fourth-order valence-electron chi connectivity index (χ4n) is 3.26. The van der Waals surface area contributed by atoms with Crippen LogP contribution in [0.25, 0.3) is 0 Å². The Morgan fingerprint density at radius 2 is 1.78 bits per heavy atom. The normalized spacial score (nSPS) is 23.5. The second kappa shape index (κ2) is 7.86. The zero-order chi connectivity index (χ0) is 13.6. The molecule has 1 fully saturated rings. The molecule has 1 rings (SSSR count). The predicted molar refractivity (Wildman–Crippen MR) is 84.6 cm³/mol. The Kier molecular flexibility index (Phi) is 7.19. The van der Waals surface area contributed by atoms with E-state index >= 15 is 0 Å². The van der Waals surface area contributed by atoms with Crippen LogP contribution in [0, 0.1) is 5.41 Å². The summed E-state index contributed by atoms with van der Waals surface area (Å²) in [5.74, 6) is 0. The first-order chi connectivity index (χ1) is 8.56. The Bertz CT molecular complexity index is 227. The number of nitrogens with zero attached hydrogens (tertiary/aromatic N) is 2. The van der Waals surface area contributed by atoms with Crippen LogP contribution in [0.3, 0.4) is 0 Å². The Morgan fingerprint density at radius 1 is 1.17 bits per heavy atom. The molecule has 108 valence electrons. The lowest BCUT2D eigenvalue weighted by atomic mass is 9.80. The molecule has 18 heavy (non-hydrogen) atoms. The van der Waals surface area contributed by atoms with Gasteiger partial charge < -0.3 is 4.90 Å². The maximum absolute atomic E-state index is 3.79. The van der Waals surface area contributed by atoms with Gasteiger partial charge in [0.15, 0.2) is 0 Å². The second-order valence-corrected chi connectivity index (χ2v) is 6.76. The first-order valence-corrected chi connectivity index (χ1v) is 8.67. The van der Waals surface area contributed by atoms with Crippen molar-refractivity contribution in [2.75, 3.05) is 38.6 Å². The van der Waals surface area contributed by atoms with E-state index in [2.05, 4.69) is 53.5 Å². The molecule has 0 spiro atoms. The fraction of sp³-hybridized carbons (Fsp3) is 1.00. The molecule has 0 aliphatic carbocycles. The Hall–Kier alpha value is 0.400. The number of rotatable bonds is 7. The van der Waals surface area contributed by atoms with Crippen LogP contribution in [-0.2, 0) is 0 Å². The van der Waals surface area contributed by atoms with Gasteiger partial charge in [0.25, 0.3) is 0 Å². The van der Waals surface area contributed by atoms with Crippen molar-refractivity contribution in [3.63, 3.8) is 0 Å². The van der Waals surface area contributed by atoms with Gasteiger partial charge in [0.05, 0.1) is 0 Å². The molecule has 1 aliphatic rings. The molecule has 0 aromatic carbocycles. The molecule has 0 radical (unpaired) electrons. The summed E-state index contributed by atoms with van der Waals surface area (Å²) in [6, 6.07) is 0.704. The summed E-state index contributed by atoms with van der Waals surface area (Å²) < 4.78 is 0. The van der Waals surface area contributed by atoms with Gasteiger partial charge in [-0.3, -0.25) is 4.90 Å². The largest absolute Gasteiger partial charge is 0.301 e. The number of piperazine rings is 1. The quantitative estimate of drug-likeness (QED) is 0.662. The molecule has 1 atom stereocenters. The van der Waals surface area contributed by atoms with E-state index in [-0.39, 0.29) is 0 Å². The minimum atomic E-state index is 0.499. The van der Waals surface area contributed by atoms with Gasteiger partial charge in [0.2, 0.25) is 0 Å². The van der Waals surface area contributed by atoms with Crippen molar-refractivity contribution in [3.8, 4) is 0 Å². The third kappa shape index (κ3) is 4.50. The van der Waals surface area contributed by atoms with Crippen molar-refractivity contribution in [2.45, 2.75) is 52.5 Å². The first-order valence-electron chi connectivity index (χ1n) is 7.55. The van der Waals surface area contributed by atoms with E-state index in [1.165, 1.54) is 51.9 Å². The van der Waals surface area contributed by atoms with Crippen LogP contribution in [0.5, 0.6) is 0 Å². The SMILES string of the molecule is CCCC(CBr)(CCC)CN1CCN(C)C(C)C1. The number of alkyl halides is 1. The highest BCUT2D eigenvalue weighted by Gasteiger charge is 2.31. The summed E-state index contributed by atoms with van der Waals surface area (Å²) in [6.07, 6.45) is 5.31. The lowest BCUT2D eigenvalue weighted by Gasteiger charge is -2.43. The van der Waals surface area contributed by atoms with Crippen molar-refractivity contribution in [1.82, 2.24) is 9.80 Å². The van der Waals surface area contributed by atoms with E-state index in [9.17, 15) is 0 Å². The maximum atomic E-state index is 3.79. The zero-order valence-electron chi connectivity index (χ0n) is 12.7. The molecule has 0 amide bonds. The van der Waals surface area contributed by atoms with Gasteiger partial charge >= 0.3 is 0 Å². The topological polar surface area (TPSA) is 6.48 Å². The third-order valence-electron chi connectivity index (χ3n) is 4.45. The van der Waals surface area contributed by atoms with Gasteiger partial charge in [-0.2, -0.15) is 0 Å². The lowest BCUT2D eigenvalue weighted by Crippen LogP contribution is -2.53. The minimum Gasteiger partial charge on any atom is -0.301 e. The summed E-state index contributed by atoms with van der Waals surface area (Å²) in [6.45, 7) is 12.0. The molecule has 1 saturated heterocycles. The summed E-state index contributed by atoms with van der Waals surface area (Å²) in [5.41, 5.74) is 0.499. The Balaban J connectivity index is 2.59. The Morgan fingerprint density at radius 3 is 2.22 bits per heavy atom. The summed E-state index contributed by atoms with van der Waals surface area (Å²) >= 11 is 3.79. The van der Waals surface area contributed by atoms with E-state index in [1.807, 2.05) is 0 Å². The van der Waals surface area contributed by atoms with Crippen molar-refractivity contribution < 1.29 is 0 Å². The van der Waals surface area contributed by atoms with Gasteiger partial charge in [-0.15, -0.1) is 0 Å². The first kappa shape index (κ1) is 16.5. The van der Waals surface area contributed by atoms with Gasteiger partial charge in [-0.1, -0.05) is 42.6 Å². The summed E-state index contributed by atoms with van der Waals surface area (Å²) in [7, 11) is 2.25. The third-order valence-corrected chi connectivity index (χ3v) is 5.64. The summed E-state index contributed by atoms with van der Waals surface area (Å²) in [5, 5.41) is 1.16. The van der Waals surface area contributed by atoms with Gasteiger partial charge in [-0.05, 0) is 32.2 Å². The molecule has 3 heteroatoms.